The molecule has 1 aromatic heterocycles. The predicted molar refractivity (Wildman–Crippen MR) is 137 cm³/mol. The SMILES string of the molecule is CCOc1cc(CN2CCC(Nc3nc(-c4ccc(F)cc4)co3)CC2)ccc1-c1ccc(F)cc1. The molecular weight excluding hydrogens is 460 g/mol. The predicted octanol–water partition coefficient (Wildman–Crippen LogP) is 6.76. The van der Waals surface area contributed by atoms with Crippen LogP contribution in [0, 0.1) is 11.6 Å². The van der Waals surface area contributed by atoms with Gasteiger partial charge in [0.15, 0.2) is 0 Å². The quantitative estimate of drug-likeness (QED) is 0.296. The summed E-state index contributed by atoms with van der Waals surface area (Å²) in [7, 11) is 0. The second-order valence-corrected chi connectivity index (χ2v) is 9.01. The molecular formula is C29H29F2N3O2. The number of halogens is 2. The second-order valence-electron chi connectivity index (χ2n) is 9.01. The Balaban J connectivity index is 1.17. The molecule has 7 heteroatoms. The van der Waals surface area contributed by atoms with Gasteiger partial charge in [-0.3, -0.25) is 4.90 Å². The van der Waals surface area contributed by atoms with Gasteiger partial charge >= 0.3 is 0 Å². The smallest absolute Gasteiger partial charge is 0.295 e. The topological polar surface area (TPSA) is 50.5 Å². The van der Waals surface area contributed by atoms with Gasteiger partial charge in [0.1, 0.15) is 29.3 Å². The molecule has 1 saturated heterocycles. The van der Waals surface area contributed by atoms with Gasteiger partial charge in [0.2, 0.25) is 0 Å². The standard InChI is InChI=1S/C29H29F2N3O2/c1-2-35-28-17-20(3-12-26(28)21-4-8-23(30)9-5-21)18-34-15-13-25(14-16-34)32-29-33-27(19-36-29)22-6-10-24(31)11-7-22/h3-12,17,19,25H,2,13-16,18H2,1H3,(H,32,33). The van der Waals surface area contributed by atoms with E-state index in [9.17, 15) is 8.78 Å². The van der Waals surface area contributed by atoms with Gasteiger partial charge < -0.3 is 14.5 Å². The van der Waals surface area contributed by atoms with Crippen LogP contribution < -0.4 is 10.1 Å². The van der Waals surface area contributed by atoms with E-state index in [4.69, 9.17) is 9.15 Å². The van der Waals surface area contributed by atoms with Gasteiger partial charge in [-0.2, -0.15) is 4.98 Å². The van der Waals surface area contributed by atoms with Crippen molar-refractivity contribution in [3.63, 3.8) is 0 Å². The zero-order valence-corrected chi connectivity index (χ0v) is 20.2. The Kier molecular flexibility index (Phi) is 7.28. The summed E-state index contributed by atoms with van der Waals surface area (Å²) in [5.74, 6) is 0.298. The molecule has 1 N–H and O–H groups in total. The minimum atomic E-state index is -0.273. The first-order valence-corrected chi connectivity index (χ1v) is 12.3. The van der Waals surface area contributed by atoms with Gasteiger partial charge in [-0.05, 0) is 73.4 Å². The highest BCUT2D eigenvalue weighted by Gasteiger charge is 2.21. The number of piperidine rings is 1. The molecule has 1 aliphatic heterocycles. The average molecular weight is 490 g/mol. The number of hydrogen-bond donors (Lipinski definition) is 1. The Morgan fingerprint density at radius 3 is 2.28 bits per heavy atom. The molecule has 1 fully saturated rings. The van der Waals surface area contributed by atoms with Crippen molar-refractivity contribution in [2.75, 3.05) is 25.0 Å². The first-order valence-electron chi connectivity index (χ1n) is 12.3. The Morgan fingerprint density at radius 1 is 0.944 bits per heavy atom. The Bertz CT molecular complexity index is 1280. The van der Waals surface area contributed by atoms with E-state index in [-0.39, 0.29) is 17.7 Å². The van der Waals surface area contributed by atoms with Crippen LogP contribution in [0.5, 0.6) is 5.75 Å². The molecule has 2 heterocycles. The molecule has 0 atom stereocenters. The third kappa shape index (κ3) is 5.74. The van der Waals surface area contributed by atoms with E-state index < -0.39 is 0 Å². The van der Waals surface area contributed by atoms with Gasteiger partial charge in [0, 0.05) is 36.8 Å². The van der Waals surface area contributed by atoms with E-state index in [2.05, 4.69) is 33.4 Å². The van der Waals surface area contributed by atoms with Crippen LogP contribution >= 0.6 is 0 Å². The molecule has 0 amide bonds. The maximum Gasteiger partial charge on any atom is 0.295 e. The summed E-state index contributed by atoms with van der Waals surface area (Å²) in [4.78, 5) is 6.94. The third-order valence-corrected chi connectivity index (χ3v) is 6.47. The third-order valence-electron chi connectivity index (χ3n) is 6.47. The Morgan fingerprint density at radius 2 is 1.61 bits per heavy atom. The molecule has 5 rings (SSSR count). The van der Waals surface area contributed by atoms with E-state index in [0.29, 0.717) is 18.3 Å². The first kappa shape index (κ1) is 24.0. The van der Waals surface area contributed by atoms with E-state index in [1.54, 1.807) is 30.5 Å². The summed E-state index contributed by atoms with van der Waals surface area (Å²) in [5.41, 5.74) is 4.60. The van der Waals surface area contributed by atoms with Gasteiger partial charge in [-0.15, -0.1) is 0 Å². The van der Waals surface area contributed by atoms with E-state index in [1.165, 1.54) is 29.8 Å². The second kappa shape index (κ2) is 10.9. The van der Waals surface area contributed by atoms with Crippen molar-refractivity contribution in [3.8, 4) is 28.1 Å². The lowest BCUT2D eigenvalue weighted by molar-refractivity contribution is 0.210. The molecule has 0 bridgehead atoms. The lowest BCUT2D eigenvalue weighted by Crippen LogP contribution is -2.38. The van der Waals surface area contributed by atoms with Crippen LogP contribution in [0.15, 0.2) is 77.4 Å². The number of oxazole rings is 1. The van der Waals surface area contributed by atoms with E-state index in [1.807, 2.05) is 6.92 Å². The minimum absolute atomic E-state index is 0.248. The molecule has 0 spiro atoms. The number of nitrogens with one attached hydrogen (secondary N) is 1. The van der Waals surface area contributed by atoms with Crippen molar-refractivity contribution in [2.45, 2.75) is 32.4 Å². The Labute approximate surface area is 209 Å². The molecule has 3 aromatic carbocycles. The van der Waals surface area contributed by atoms with E-state index in [0.717, 1.165) is 54.9 Å². The number of nitrogens with zero attached hydrogens (tertiary/aromatic N) is 2. The van der Waals surface area contributed by atoms with Crippen LogP contribution in [0.2, 0.25) is 0 Å². The van der Waals surface area contributed by atoms with Crippen molar-refractivity contribution in [2.24, 2.45) is 0 Å². The van der Waals surface area contributed by atoms with Crippen molar-refractivity contribution in [1.82, 2.24) is 9.88 Å². The number of benzene rings is 3. The maximum absolute atomic E-state index is 13.3. The van der Waals surface area contributed by atoms with Crippen molar-refractivity contribution in [1.29, 1.82) is 0 Å². The number of rotatable bonds is 8. The normalized spacial score (nSPS) is 14.6. The average Bonchev–Trinajstić information content (AvgIpc) is 3.35. The first-order chi connectivity index (χ1) is 17.6. The van der Waals surface area contributed by atoms with Crippen LogP contribution in [0.3, 0.4) is 0 Å². The van der Waals surface area contributed by atoms with E-state index >= 15 is 0 Å². The molecule has 4 aromatic rings. The lowest BCUT2D eigenvalue weighted by atomic mass is 10.0. The monoisotopic (exact) mass is 489 g/mol. The van der Waals surface area contributed by atoms with Crippen LogP contribution in [0.25, 0.3) is 22.4 Å². The molecule has 36 heavy (non-hydrogen) atoms. The van der Waals surface area contributed by atoms with Crippen molar-refractivity contribution >= 4 is 6.01 Å². The number of likely N-dealkylation sites (tertiary alicyclic amines) is 1. The molecule has 0 aliphatic carbocycles. The summed E-state index contributed by atoms with van der Waals surface area (Å²) in [6.07, 6.45) is 3.54. The summed E-state index contributed by atoms with van der Waals surface area (Å²) >= 11 is 0. The molecule has 186 valence electrons. The molecule has 0 saturated carbocycles. The van der Waals surface area contributed by atoms with Crippen LogP contribution in [0.4, 0.5) is 14.8 Å². The highest BCUT2D eigenvalue weighted by atomic mass is 19.1. The number of hydrogen-bond acceptors (Lipinski definition) is 5. The molecule has 0 unspecified atom stereocenters. The van der Waals surface area contributed by atoms with Gasteiger partial charge in [-0.1, -0.05) is 24.3 Å². The molecule has 0 radical (unpaired) electrons. The molecule has 5 nitrogen and oxygen atoms in total. The van der Waals surface area contributed by atoms with Gasteiger partial charge in [-0.25, -0.2) is 8.78 Å². The maximum atomic E-state index is 13.3. The number of ether oxygens (including phenoxy) is 1. The number of aromatic nitrogens is 1. The minimum Gasteiger partial charge on any atom is -0.493 e. The van der Waals surface area contributed by atoms with Gasteiger partial charge in [0.25, 0.3) is 6.01 Å². The number of anilines is 1. The summed E-state index contributed by atoms with van der Waals surface area (Å²) in [6.45, 7) is 5.28. The van der Waals surface area contributed by atoms with Crippen LogP contribution in [0.1, 0.15) is 25.3 Å². The largest absolute Gasteiger partial charge is 0.493 e. The fraction of sp³-hybridized carbons (Fsp3) is 0.276. The Hall–Kier alpha value is -3.71. The zero-order valence-electron chi connectivity index (χ0n) is 20.2. The highest BCUT2D eigenvalue weighted by Crippen LogP contribution is 2.32. The molecule has 1 aliphatic rings. The van der Waals surface area contributed by atoms with Crippen LogP contribution in [-0.2, 0) is 6.54 Å². The summed E-state index contributed by atoms with van der Waals surface area (Å²) < 4.78 is 38.0. The fourth-order valence-corrected chi connectivity index (χ4v) is 4.57. The lowest BCUT2D eigenvalue weighted by Gasteiger charge is -2.32. The van der Waals surface area contributed by atoms with Crippen LogP contribution in [-0.4, -0.2) is 35.6 Å². The zero-order chi connectivity index (χ0) is 24.9. The van der Waals surface area contributed by atoms with Crippen molar-refractivity contribution < 1.29 is 17.9 Å². The summed E-state index contributed by atoms with van der Waals surface area (Å²) in [5, 5.41) is 3.40. The van der Waals surface area contributed by atoms with Crippen molar-refractivity contribution in [3.05, 3.63) is 90.2 Å². The fourth-order valence-electron chi connectivity index (χ4n) is 4.57. The van der Waals surface area contributed by atoms with Gasteiger partial charge in [0.05, 0.1) is 6.61 Å². The summed E-state index contributed by atoms with van der Waals surface area (Å²) in [6, 6.07) is 19.8. The highest BCUT2D eigenvalue weighted by molar-refractivity contribution is 5.71.